The molecule has 0 saturated carbocycles. The molecule has 0 spiro atoms. The van der Waals surface area contributed by atoms with E-state index in [-0.39, 0.29) is 10.7 Å². The van der Waals surface area contributed by atoms with Crippen molar-refractivity contribution in [1.29, 1.82) is 0 Å². The molecule has 2 aromatic heterocycles. The molecule has 3 nitrogen and oxygen atoms in total. The van der Waals surface area contributed by atoms with Gasteiger partial charge < -0.3 is 5.11 Å². The zero-order valence-corrected chi connectivity index (χ0v) is 10.3. The first kappa shape index (κ1) is 11.4. The Kier molecular flexibility index (Phi) is 3.48. The fourth-order valence-corrected chi connectivity index (χ4v) is 3.08. The quantitative estimate of drug-likeness (QED) is 0.866. The molecule has 1 N–H and O–H groups in total. The Morgan fingerprint density at radius 2 is 2.31 bits per heavy atom. The van der Waals surface area contributed by atoms with Gasteiger partial charge in [-0.2, -0.15) is 0 Å². The van der Waals surface area contributed by atoms with E-state index in [1.165, 1.54) is 23.9 Å². The number of carboxylic acids is 1. The number of carbonyl (C=O) groups is 1. The number of aromatic carboxylic acids is 1. The summed E-state index contributed by atoms with van der Waals surface area (Å²) in [5.41, 5.74) is 0.152. The van der Waals surface area contributed by atoms with Crippen LogP contribution in [0.4, 0.5) is 0 Å². The third kappa shape index (κ3) is 2.75. The van der Waals surface area contributed by atoms with Crippen molar-refractivity contribution in [3.05, 3.63) is 40.4 Å². The van der Waals surface area contributed by atoms with Crippen LogP contribution in [-0.4, -0.2) is 16.1 Å². The standard InChI is InChI=1S/C10H6ClNO2S2/c11-7-4-6(10(13)14)5-8(12-7)16-9-2-1-3-15-9/h1-5H,(H,13,14). The van der Waals surface area contributed by atoms with Gasteiger partial charge in [-0.25, -0.2) is 9.78 Å². The van der Waals surface area contributed by atoms with Crippen molar-refractivity contribution in [2.45, 2.75) is 9.24 Å². The number of nitrogens with zero attached hydrogens (tertiary/aromatic N) is 1. The first-order valence-electron chi connectivity index (χ1n) is 4.27. The van der Waals surface area contributed by atoms with Crippen LogP contribution in [0.1, 0.15) is 10.4 Å². The summed E-state index contributed by atoms with van der Waals surface area (Å²) in [5.74, 6) is -1.00. The monoisotopic (exact) mass is 271 g/mol. The van der Waals surface area contributed by atoms with Crippen molar-refractivity contribution in [3.8, 4) is 0 Å². The average molecular weight is 272 g/mol. The molecule has 0 bridgehead atoms. The zero-order chi connectivity index (χ0) is 11.5. The van der Waals surface area contributed by atoms with Gasteiger partial charge in [-0.15, -0.1) is 11.3 Å². The van der Waals surface area contributed by atoms with E-state index < -0.39 is 5.97 Å². The molecule has 6 heteroatoms. The smallest absolute Gasteiger partial charge is 0.335 e. The molecule has 0 fully saturated rings. The van der Waals surface area contributed by atoms with Gasteiger partial charge in [0.15, 0.2) is 0 Å². The van der Waals surface area contributed by atoms with E-state index in [9.17, 15) is 4.79 Å². The number of halogens is 1. The van der Waals surface area contributed by atoms with E-state index in [2.05, 4.69) is 4.98 Å². The van der Waals surface area contributed by atoms with Gasteiger partial charge in [-0.05, 0) is 23.6 Å². The van der Waals surface area contributed by atoms with Gasteiger partial charge in [0.25, 0.3) is 0 Å². The molecule has 2 rings (SSSR count). The maximum absolute atomic E-state index is 10.8. The molecule has 0 atom stereocenters. The molecule has 0 aliphatic carbocycles. The molecule has 82 valence electrons. The second kappa shape index (κ2) is 4.86. The Hall–Kier alpha value is -1.04. The molecule has 0 unspecified atom stereocenters. The molecule has 2 aromatic rings. The van der Waals surface area contributed by atoms with Crippen molar-refractivity contribution in [2.24, 2.45) is 0 Å². The van der Waals surface area contributed by atoms with E-state index in [1.54, 1.807) is 11.3 Å². The number of carboxylic acid groups (broad SMARTS) is 1. The third-order valence-corrected chi connectivity index (χ3v) is 3.87. The van der Waals surface area contributed by atoms with Crippen molar-refractivity contribution >= 4 is 40.7 Å². The number of hydrogen-bond acceptors (Lipinski definition) is 4. The van der Waals surface area contributed by atoms with Crippen LogP contribution in [0.3, 0.4) is 0 Å². The molecule has 0 aliphatic rings. The molecular formula is C10H6ClNO2S2. The fraction of sp³-hybridized carbons (Fsp3) is 0. The second-order valence-corrected chi connectivity index (χ2v) is 5.51. The van der Waals surface area contributed by atoms with E-state index in [4.69, 9.17) is 16.7 Å². The number of thiophene rings is 1. The lowest BCUT2D eigenvalue weighted by Crippen LogP contribution is -1.97. The summed E-state index contributed by atoms with van der Waals surface area (Å²) in [5, 5.41) is 11.6. The minimum absolute atomic E-state index is 0.152. The maximum atomic E-state index is 10.8. The highest BCUT2D eigenvalue weighted by Crippen LogP contribution is 2.31. The SMILES string of the molecule is O=C(O)c1cc(Cl)nc(Sc2cccs2)c1. The second-order valence-electron chi connectivity index (χ2n) is 2.86. The summed E-state index contributed by atoms with van der Waals surface area (Å²) < 4.78 is 1.05. The van der Waals surface area contributed by atoms with Crippen LogP contribution in [0, 0.1) is 0 Å². The van der Waals surface area contributed by atoms with Crippen LogP contribution in [0.15, 0.2) is 38.9 Å². The fourth-order valence-electron chi connectivity index (χ4n) is 1.07. The molecule has 0 aliphatic heterocycles. The van der Waals surface area contributed by atoms with Crippen LogP contribution < -0.4 is 0 Å². The van der Waals surface area contributed by atoms with E-state index in [0.29, 0.717) is 5.03 Å². The van der Waals surface area contributed by atoms with E-state index in [1.807, 2.05) is 17.5 Å². The van der Waals surface area contributed by atoms with Crippen LogP contribution in [0.2, 0.25) is 5.15 Å². The molecule has 16 heavy (non-hydrogen) atoms. The maximum Gasteiger partial charge on any atom is 0.335 e. The average Bonchev–Trinajstić information content (AvgIpc) is 2.69. The molecule has 0 saturated heterocycles. The van der Waals surface area contributed by atoms with Crippen molar-refractivity contribution in [1.82, 2.24) is 4.98 Å². The lowest BCUT2D eigenvalue weighted by atomic mass is 10.3. The Bertz CT molecular complexity index is 514. The minimum Gasteiger partial charge on any atom is -0.478 e. The Labute approximate surface area is 105 Å². The highest BCUT2D eigenvalue weighted by Gasteiger charge is 2.08. The predicted octanol–water partition coefficient (Wildman–Crippen LogP) is 3.65. The molecule has 0 amide bonds. The number of hydrogen-bond donors (Lipinski definition) is 1. The summed E-state index contributed by atoms with van der Waals surface area (Å²) in [6.07, 6.45) is 0. The first-order chi connectivity index (χ1) is 7.65. The lowest BCUT2D eigenvalue weighted by molar-refractivity contribution is 0.0696. The summed E-state index contributed by atoms with van der Waals surface area (Å²) >= 11 is 8.72. The van der Waals surface area contributed by atoms with Crippen molar-refractivity contribution in [3.63, 3.8) is 0 Å². The lowest BCUT2D eigenvalue weighted by Gasteiger charge is -2.01. The molecule has 0 aromatic carbocycles. The topological polar surface area (TPSA) is 50.2 Å². The van der Waals surface area contributed by atoms with Crippen molar-refractivity contribution < 1.29 is 9.90 Å². The van der Waals surface area contributed by atoms with Crippen LogP contribution >= 0.6 is 34.7 Å². The van der Waals surface area contributed by atoms with Crippen molar-refractivity contribution in [2.75, 3.05) is 0 Å². The van der Waals surface area contributed by atoms with E-state index >= 15 is 0 Å². The Morgan fingerprint density at radius 1 is 1.50 bits per heavy atom. The van der Waals surface area contributed by atoms with Gasteiger partial charge in [0, 0.05) is 0 Å². The van der Waals surface area contributed by atoms with Gasteiger partial charge in [-0.1, -0.05) is 29.4 Å². The third-order valence-electron chi connectivity index (χ3n) is 1.72. The number of pyridine rings is 1. The van der Waals surface area contributed by atoms with Gasteiger partial charge in [0.2, 0.25) is 0 Å². The normalized spacial score (nSPS) is 10.3. The minimum atomic E-state index is -1.00. The van der Waals surface area contributed by atoms with Crippen LogP contribution in [-0.2, 0) is 0 Å². The van der Waals surface area contributed by atoms with Gasteiger partial charge in [0.05, 0.1) is 9.77 Å². The van der Waals surface area contributed by atoms with Gasteiger partial charge >= 0.3 is 5.97 Å². The van der Waals surface area contributed by atoms with Gasteiger partial charge in [0.1, 0.15) is 10.2 Å². The highest BCUT2D eigenvalue weighted by molar-refractivity contribution is 8.01. The summed E-state index contributed by atoms with van der Waals surface area (Å²) in [6, 6.07) is 6.72. The molecule has 2 heterocycles. The largest absolute Gasteiger partial charge is 0.478 e. The van der Waals surface area contributed by atoms with E-state index in [0.717, 1.165) is 4.21 Å². The van der Waals surface area contributed by atoms with Crippen LogP contribution in [0.25, 0.3) is 0 Å². The highest BCUT2D eigenvalue weighted by atomic mass is 35.5. The zero-order valence-electron chi connectivity index (χ0n) is 7.88. The van der Waals surface area contributed by atoms with Gasteiger partial charge in [-0.3, -0.25) is 0 Å². The first-order valence-corrected chi connectivity index (χ1v) is 6.35. The van der Waals surface area contributed by atoms with Crippen LogP contribution in [0.5, 0.6) is 0 Å². The number of aromatic nitrogens is 1. The molecular weight excluding hydrogens is 266 g/mol. The molecule has 0 radical (unpaired) electrons. The summed E-state index contributed by atoms with van der Waals surface area (Å²) in [4.78, 5) is 14.9. The Morgan fingerprint density at radius 3 is 2.94 bits per heavy atom. The number of rotatable bonds is 3. The summed E-state index contributed by atoms with van der Waals surface area (Å²) in [7, 11) is 0. The predicted molar refractivity (Wildman–Crippen MR) is 64.6 cm³/mol. The summed E-state index contributed by atoms with van der Waals surface area (Å²) in [6.45, 7) is 0. The Balaban J connectivity index is 2.31.